The first-order valence-electron chi connectivity index (χ1n) is 6.80. The van der Waals surface area contributed by atoms with E-state index in [-0.39, 0.29) is 19.2 Å². The minimum Gasteiger partial charge on any atom is -0.454 e. The van der Waals surface area contributed by atoms with Gasteiger partial charge in [-0.2, -0.15) is 0 Å². The van der Waals surface area contributed by atoms with Gasteiger partial charge in [0.1, 0.15) is 0 Å². The molecule has 5 heteroatoms. The minimum atomic E-state index is -0.571. The molecule has 5 nitrogen and oxygen atoms in total. The van der Waals surface area contributed by atoms with E-state index in [0.717, 1.165) is 5.56 Å². The highest BCUT2D eigenvalue weighted by atomic mass is 16.7. The van der Waals surface area contributed by atoms with Crippen molar-refractivity contribution in [3.63, 3.8) is 0 Å². The van der Waals surface area contributed by atoms with Gasteiger partial charge < -0.3 is 14.2 Å². The monoisotopic (exact) mass is 298 g/mol. The Hall–Kier alpha value is -2.82. The van der Waals surface area contributed by atoms with Crippen molar-refractivity contribution in [3.8, 4) is 11.5 Å². The third kappa shape index (κ3) is 2.93. The third-order valence-corrected chi connectivity index (χ3v) is 3.32. The van der Waals surface area contributed by atoms with Gasteiger partial charge in [0, 0.05) is 5.56 Å². The summed E-state index contributed by atoms with van der Waals surface area (Å²) in [6.45, 7) is 1.78. The molecule has 1 heterocycles. The maximum atomic E-state index is 12.0. The topological polar surface area (TPSA) is 61.8 Å². The van der Waals surface area contributed by atoms with E-state index in [1.54, 1.807) is 30.3 Å². The Kier molecular flexibility index (Phi) is 3.78. The standard InChI is InChI=1S/C17H14O5/c1-11-2-4-12(5-3-11)14(18)9-20-17(19)13-6-7-15-16(8-13)22-10-21-15/h2-8H,9-10H2,1H3. The van der Waals surface area contributed by atoms with Crippen LogP contribution in [0.2, 0.25) is 0 Å². The zero-order valence-electron chi connectivity index (χ0n) is 12.0. The van der Waals surface area contributed by atoms with Crippen LogP contribution in [0.5, 0.6) is 11.5 Å². The molecule has 112 valence electrons. The Balaban J connectivity index is 1.62. The van der Waals surface area contributed by atoms with Crippen molar-refractivity contribution in [2.75, 3.05) is 13.4 Å². The SMILES string of the molecule is Cc1ccc(C(=O)COC(=O)c2ccc3c(c2)OCO3)cc1. The van der Waals surface area contributed by atoms with Gasteiger partial charge in [-0.15, -0.1) is 0 Å². The van der Waals surface area contributed by atoms with Crippen molar-refractivity contribution in [1.29, 1.82) is 0 Å². The largest absolute Gasteiger partial charge is 0.454 e. The molecule has 2 aromatic rings. The molecule has 0 saturated heterocycles. The lowest BCUT2D eigenvalue weighted by molar-refractivity contribution is 0.0474. The zero-order valence-corrected chi connectivity index (χ0v) is 12.0. The van der Waals surface area contributed by atoms with Crippen LogP contribution in [-0.4, -0.2) is 25.2 Å². The summed E-state index contributed by atoms with van der Waals surface area (Å²) in [6.07, 6.45) is 0. The summed E-state index contributed by atoms with van der Waals surface area (Å²) in [4.78, 5) is 23.9. The van der Waals surface area contributed by atoms with Crippen LogP contribution < -0.4 is 9.47 Å². The number of rotatable bonds is 4. The van der Waals surface area contributed by atoms with Gasteiger partial charge in [0.15, 0.2) is 23.9 Å². The first-order valence-corrected chi connectivity index (χ1v) is 6.80. The Morgan fingerprint density at radius 1 is 1.00 bits per heavy atom. The van der Waals surface area contributed by atoms with Crippen molar-refractivity contribution < 1.29 is 23.8 Å². The maximum absolute atomic E-state index is 12.0. The summed E-state index contributed by atoms with van der Waals surface area (Å²) in [5.41, 5.74) is 1.90. The highest BCUT2D eigenvalue weighted by Gasteiger charge is 2.18. The number of Topliss-reactive ketones (excluding diaryl/α,β-unsaturated/α-hetero) is 1. The molecule has 0 radical (unpaired) electrons. The van der Waals surface area contributed by atoms with E-state index in [1.807, 2.05) is 19.1 Å². The Bertz CT molecular complexity index is 718. The predicted molar refractivity (Wildman–Crippen MR) is 78.4 cm³/mol. The molecule has 0 amide bonds. The second kappa shape index (κ2) is 5.89. The number of benzene rings is 2. The molecule has 0 bridgehead atoms. The van der Waals surface area contributed by atoms with E-state index in [2.05, 4.69) is 0 Å². The van der Waals surface area contributed by atoms with E-state index in [9.17, 15) is 9.59 Å². The lowest BCUT2D eigenvalue weighted by atomic mass is 10.1. The van der Waals surface area contributed by atoms with Crippen LogP contribution in [0.4, 0.5) is 0 Å². The van der Waals surface area contributed by atoms with E-state index in [4.69, 9.17) is 14.2 Å². The van der Waals surface area contributed by atoms with E-state index in [0.29, 0.717) is 22.6 Å². The number of fused-ring (bicyclic) bond motifs is 1. The molecule has 0 unspecified atom stereocenters. The highest BCUT2D eigenvalue weighted by Crippen LogP contribution is 2.32. The second-order valence-electron chi connectivity index (χ2n) is 4.93. The van der Waals surface area contributed by atoms with Crippen LogP contribution >= 0.6 is 0 Å². The van der Waals surface area contributed by atoms with E-state index in [1.165, 1.54) is 0 Å². The highest BCUT2D eigenvalue weighted by molar-refractivity contribution is 5.99. The van der Waals surface area contributed by atoms with Crippen LogP contribution in [0.3, 0.4) is 0 Å². The van der Waals surface area contributed by atoms with Crippen molar-refractivity contribution in [3.05, 3.63) is 59.2 Å². The summed E-state index contributed by atoms with van der Waals surface area (Å²) in [7, 11) is 0. The van der Waals surface area contributed by atoms with Gasteiger partial charge in [-0.3, -0.25) is 4.79 Å². The molecule has 1 aliphatic rings. The van der Waals surface area contributed by atoms with Crippen LogP contribution in [0.25, 0.3) is 0 Å². The van der Waals surface area contributed by atoms with Gasteiger partial charge in [0.05, 0.1) is 5.56 Å². The number of carbonyl (C=O) groups is 2. The van der Waals surface area contributed by atoms with Crippen LogP contribution in [0.15, 0.2) is 42.5 Å². The normalized spacial score (nSPS) is 12.0. The van der Waals surface area contributed by atoms with Crippen molar-refractivity contribution in [2.45, 2.75) is 6.92 Å². The van der Waals surface area contributed by atoms with Crippen molar-refractivity contribution in [1.82, 2.24) is 0 Å². The van der Waals surface area contributed by atoms with Gasteiger partial charge in [-0.05, 0) is 25.1 Å². The first kappa shape index (κ1) is 14.1. The number of carbonyl (C=O) groups excluding carboxylic acids is 2. The molecule has 1 aliphatic heterocycles. The number of hydrogen-bond acceptors (Lipinski definition) is 5. The van der Waals surface area contributed by atoms with Crippen LogP contribution in [-0.2, 0) is 4.74 Å². The first-order chi connectivity index (χ1) is 10.6. The summed E-state index contributed by atoms with van der Waals surface area (Å²) in [6, 6.07) is 11.9. The molecule has 0 fully saturated rings. The maximum Gasteiger partial charge on any atom is 0.338 e. The number of aryl methyl sites for hydroxylation is 1. The summed E-state index contributed by atoms with van der Waals surface area (Å²) < 4.78 is 15.4. The summed E-state index contributed by atoms with van der Waals surface area (Å²) in [5, 5.41) is 0. The van der Waals surface area contributed by atoms with Gasteiger partial charge in [-0.25, -0.2) is 4.79 Å². The quantitative estimate of drug-likeness (QED) is 0.641. The molecular weight excluding hydrogens is 284 g/mol. The molecule has 0 aromatic heterocycles. The molecule has 0 saturated carbocycles. The average Bonchev–Trinajstić information content (AvgIpc) is 3.00. The van der Waals surface area contributed by atoms with Gasteiger partial charge in [0.2, 0.25) is 6.79 Å². The molecule has 0 atom stereocenters. The molecular formula is C17H14O5. The fourth-order valence-corrected chi connectivity index (χ4v) is 2.06. The van der Waals surface area contributed by atoms with Crippen molar-refractivity contribution in [2.24, 2.45) is 0 Å². The number of ether oxygens (including phenoxy) is 3. The fraction of sp³-hybridized carbons (Fsp3) is 0.176. The van der Waals surface area contributed by atoms with Crippen LogP contribution in [0, 0.1) is 6.92 Å². The minimum absolute atomic E-state index is 0.139. The lowest BCUT2D eigenvalue weighted by Gasteiger charge is -2.05. The Labute approximate surface area is 127 Å². The van der Waals surface area contributed by atoms with Crippen molar-refractivity contribution >= 4 is 11.8 Å². The molecule has 3 rings (SSSR count). The molecule has 22 heavy (non-hydrogen) atoms. The lowest BCUT2D eigenvalue weighted by Crippen LogP contribution is -2.14. The molecule has 0 N–H and O–H groups in total. The Morgan fingerprint density at radius 3 is 2.45 bits per heavy atom. The summed E-state index contributed by atoms with van der Waals surface area (Å²) >= 11 is 0. The van der Waals surface area contributed by atoms with Crippen LogP contribution in [0.1, 0.15) is 26.3 Å². The third-order valence-electron chi connectivity index (χ3n) is 3.32. The molecule has 0 spiro atoms. The Morgan fingerprint density at radius 2 is 1.68 bits per heavy atom. The predicted octanol–water partition coefficient (Wildman–Crippen LogP) is 2.76. The van der Waals surface area contributed by atoms with Gasteiger partial charge >= 0.3 is 5.97 Å². The summed E-state index contributed by atoms with van der Waals surface area (Å²) in [5.74, 6) is 0.277. The van der Waals surface area contributed by atoms with Gasteiger partial charge in [0.25, 0.3) is 0 Å². The molecule has 0 aliphatic carbocycles. The fourth-order valence-electron chi connectivity index (χ4n) is 2.06. The molecule has 2 aromatic carbocycles. The number of ketones is 1. The van der Waals surface area contributed by atoms with Gasteiger partial charge in [-0.1, -0.05) is 29.8 Å². The number of hydrogen-bond donors (Lipinski definition) is 0. The van der Waals surface area contributed by atoms with E-state index >= 15 is 0 Å². The van der Waals surface area contributed by atoms with E-state index < -0.39 is 5.97 Å². The zero-order chi connectivity index (χ0) is 15.5. The number of esters is 1. The average molecular weight is 298 g/mol. The second-order valence-corrected chi connectivity index (χ2v) is 4.93. The smallest absolute Gasteiger partial charge is 0.338 e.